The van der Waals surface area contributed by atoms with Gasteiger partial charge in [-0.25, -0.2) is 4.79 Å². The Morgan fingerprint density at radius 1 is 1.21 bits per heavy atom. The molecule has 1 aromatic heterocycles. The van der Waals surface area contributed by atoms with Crippen molar-refractivity contribution in [2.75, 3.05) is 0 Å². The summed E-state index contributed by atoms with van der Waals surface area (Å²) in [7, 11) is 0. The highest BCUT2D eigenvalue weighted by Crippen LogP contribution is 2.33. The van der Waals surface area contributed by atoms with Crippen molar-refractivity contribution in [3.8, 4) is 17.6 Å². The Bertz CT molecular complexity index is 1060. The van der Waals surface area contributed by atoms with E-state index in [1.165, 1.54) is 30.3 Å². The molecular formula is C17H10N2O5. The average Bonchev–Trinajstić information content (AvgIpc) is 2.54. The third-order valence-corrected chi connectivity index (χ3v) is 3.44. The van der Waals surface area contributed by atoms with E-state index in [1.54, 1.807) is 19.1 Å². The van der Waals surface area contributed by atoms with Crippen LogP contribution in [0.5, 0.6) is 11.5 Å². The minimum absolute atomic E-state index is 0.0617. The molecule has 0 spiro atoms. The van der Waals surface area contributed by atoms with Crippen molar-refractivity contribution in [3.05, 3.63) is 74.1 Å². The van der Waals surface area contributed by atoms with Crippen LogP contribution in [0, 0.1) is 28.4 Å². The molecule has 118 valence electrons. The molecule has 7 heteroatoms. The highest BCUT2D eigenvalue weighted by molar-refractivity contribution is 5.81. The van der Waals surface area contributed by atoms with Crippen molar-refractivity contribution >= 4 is 16.7 Å². The van der Waals surface area contributed by atoms with E-state index in [0.29, 0.717) is 5.58 Å². The van der Waals surface area contributed by atoms with Crippen molar-refractivity contribution in [2.45, 2.75) is 6.92 Å². The summed E-state index contributed by atoms with van der Waals surface area (Å²) in [5, 5.41) is 20.8. The molecule has 1 heterocycles. The molecule has 0 atom stereocenters. The number of benzene rings is 2. The maximum Gasteiger partial charge on any atom is 0.336 e. The molecule has 0 saturated carbocycles. The van der Waals surface area contributed by atoms with Gasteiger partial charge in [0.1, 0.15) is 11.3 Å². The van der Waals surface area contributed by atoms with Crippen LogP contribution in [0.25, 0.3) is 11.0 Å². The number of aryl methyl sites for hydroxylation is 1. The first-order valence-electron chi connectivity index (χ1n) is 6.89. The normalized spacial score (nSPS) is 10.3. The zero-order valence-corrected chi connectivity index (χ0v) is 12.5. The van der Waals surface area contributed by atoms with Gasteiger partial charge in [0.05, 0.1) is 16.6 Å². The number of hydrogen-bond donors (Lipinski definition) is 0. The molecule has 0 saturated heterocycles. The maximum absolute atomic E-state index is 11.5. The van der Waals surface area contributed by atoms with Crippen LogP contribution < -0.4 is 10.4 Å². The zero-order chi connectivity index (χ0) is 17.3. The van der Waals surface area contributed by atoms with Crippen LogP contribution in [-0.4, -0.2) is 4.92 Å². The van der Waals surface area contributed by atoms with Gasteiger partial charge >= 0.3 is 11.3 Å². The van der Waals surface area contributed by atoms with Gasteiger partial charge in [0, 0.05) is 29.7 Å². The summed E-state index contributed by atoms with van der Waals surface area (Å²) in [5.41, 5.74) is 0.551. The summed E-state index contributed by atoms with van der Waals surface area (Å²) >= 11 is 0. The van der Waals surface area contributed by atoms with Gasteiger partial charge in [0.15, 0.2) is 0 Å². The average molecular weight is 322 g/mol. The molecule has 3 rings (SSSR count). The Balaban J connectivity index is 2.08. The van der Waals surface area contributed by atoms with Crippen molar-refractivity contribution in [3.63, 3.8) is 0 Å². The standard InChI is InChI=1S/C17H10N2O5/c1-10-6-17(20)24-15-8-12(3-4-13(10)15)23-16-7-11(9-18)2-5-14(16)19(21)22/h2-8H,1H3. The number of ether oxygens (including phenoxy) is 1. The summed E-state index contributed by atoms with van der Waals surface area (Å²) in [4.78, 5) is 22.0. The van der Waals surface area contributed by atoms with E-state index in [-0.39, 0.29) is 22.7 Å². The van der Waals surface area contributed by atoms with Crippen molar-refractivity contribution in [1.82, 2.24) is 0 Å². The minimum Gasteiger partial charge on any atom is -0.450 e. The molecule has 0 aliphatic heterocycles. The van der Waals surface area contributed by atoms with Gasteiger partial charge in [0.25, 0.3) is 0 Å². The molecule has 0 aliphatic rings. The number of rotatable bonds is 3. The van der Waals surface area contributed by atoms with Crippen LogP contribution in [0.3, 0.4) is 0 Å². The predicted molar refractivity (Wildman–Crippen MR) is 85.1 cm³/mol. The first kappa shape index (κ1) is 15.2. The lowest BCUT2D eigenvalue weighted by Gasteiger charge is -2.08. The fourth-order valence-corrected chi connectivity index (χ4v) is 2.31. The van der Waals surface area contributed by atoms with Crippen LogP contribution in [0.4, 0.5) is 5.69 Å². The highest BCUT2D eigenvalue weighted by atomic mass is 16.6. The lowest BCUT2D eigenvalue weighted by atomic mass is 10.1. The van der Waals surface area contributed by atoms with Crippen molar-refractivity contribution in [1.29, 1.82) is 5.26 Å². The second kappa shape index (κ2) is 5.85. The highest BCUT2D eigenvalue weighted by Gasteiger charge is 2.17. The largest absolute Gasteiger partial charge is 0.450 e. The Labute approximate surface area is 135 Å². The second-order valence-electron chi connectivity index (χ2n) is 5.06. The number of nitriles is 1. The van der Waals surface area contributed by atoms with E-state index in [1.807, 2.05) is 6.07 Å². The number of fused-ring (bicyclic) bond motifs is 1. The molecule has 24 heavy (non-hydrogen) atoms. The lowest BCUT2D eigenvalue weighted by molar-refractivity contribution is -0.385. The number of nitro groups is 1. The third-order valence-electron chi connectivity index (χ3n) is 3.44. The van der Waals surface area contributed by atoms with E-state index in [4.69, 9.17) is 14.4 Å². The molecular weight excluding hydrogens is 312 g/mol. The summed E-state index contributed by atoms with van der Waals surface area (Å²) in [5.74, 6) is 0.197. The second-order valence-corrected chi connectivity index (χ2v) is 5.06. The van der Waals surface area contributed by atoms with Gasteiger partial charge in [-0.3, -0.25) is 10.1 Å². The molecule has 2 aromatic carbocycles. The van der Waals surface area contributed by atoms with Gasteiger partial charge in [-0.2, -0.15) is 5.26 Å². The van der Waals surface area contributed by atoms with E-state index in [0.717, 1.165) is 10.9 Å². The van der Waals surface area contributed by atoms with E-state index < -0.39 is 10.5 Å². The molecule has 0 aliphatic carbocycles. The first-order valence-corrected chi connectivity index (χ1v) is 6.89. The van der Waals surface area contributed by atoms with Crippen LogP contribution in [0.2, 0.25) is 0 Å². The van der Waals surface area contributed by atoms with Gasteiger partial charge in [0.2, 0.25) is 5.75 Å². The summed E-state index contributed by atoms with van der Waals surface area (Å²) in [6.45, 7) is 1.78. The smallest absolute Gasteiger partial charge is 0.336 e. The molecule has 7 nitrogen and oxygen atoms in total. The number of nitrogens with zero attached hydrogens (tertiary/aromatic N) is 2. The van der Waals surface area contributed by atoms with Crippen molar-refractivity contribution < 1.29 is 14.1 Å². The van der Waals surface area contributed by atoms with Crippen LogP contribution >= 0.6 is 0 Å². The van der Waals surface area contributed by atoms with Crippen LogP contribution in [0.15, 0.2) is 51.7 Å². The molecule has 0 amide bonds. The maximum atomic E-state index is 11.5. The Morgan fingerprint density at radius 2 is 2.00 bits per heavy atom. The Morgan fingerprint density at radius 3 is 2.71 bits per heavy atom. The molecule has 3 aromatic rings. The lowest BCUT2D eigenvalue weighted by Crippen LogP contribution is -1.98. The molecule has 0 N–H and O–H groups in total. The van der Waals surface area contributed by atoms with Gasteiger partial charge in [-0.05, 0) is 30.7 Å². The number of nitro benzene ring substituents is 1. The topological polar surface area (TPSA) is 106 Å². The van der Waals surface area contributed by atoms with Crippen molar-refractivity contribution in [2.24, 2.45) is 0 Å². The molecule has 0 radical (unpaired) electrons. The fraction of sp³-hybridized carbons (Fsp3) is 0.0588. The predicted octanol–water partition coefficient (Wildman–Crippen LogP) is 3.67. The first-order chi connectivity index (χ1) is 11.5. The fourth-order valence-electron chi connectivity index (χ4n) is 2.31. The Kier molecular flexibility index (Phi) is 3.72. The minimum atomic E-state index is -0.595. The number of hydrogen-bond acceptors (Lipinski definition) is 6. The SMILES string of the molecule is Cc1cc(=O)oc2cc(Oc3cc(C#N)ccc3[N+](=O)[O-])ccc12. The summed E-state index contributed by atoms with van der Waals surface area (Å²) in [6, 6.07) is 11.9. The van der Waals surface area contributed by atoms with Gasteiger partial charge in [-0.1, -0.05) is 0 Å². The van der Waals surface area contributed by atoms with E-state index >= 15 is 0 Å². The summed E-state index contributed by atoms with van der Waals surface area (Å²) < 4.78 is 10.7. The summed E-state index contributed by atoms with van der Waals surface area (Å²) in [6.07, 6.45) is 0. The molecule has 0 bridgehead atoms. The van der Waals surface area contributed by atoms with E-state index in [2.05, 4.69) is 0 Å². The quantitative estimate of drug-likeness (QED) is 0.413. The van der Waals surface area contributed by atoms with E-state index in [9.17, 15) is 14.9 Å². The monoisotopic (exact) mass is 322 g/mol. The zero-order valence-electron chi connectivity index (χ0n) is 12.5. The third kappa shape index (κ3) is 2.80. The van der Waals surface area contributed by atoms with Gasteiger partial charge < -0.3 is 9.15 Å². The molecule has 0 fully saturated rings. The molecule has 0 unspecified atom stereocenters. The van der Waals surface area contributed by atoms with Gasteiger partial charge in [-0.15, -0.1) is 0 Å². The Hall–Kier alpha value is -3.66. The van der Waals surface area contributed by atoms with Crippen LogP contribution in [-0.2, 0) is 0 Å². The van der Waals surface area contributed by atoms with Crippen LogP contribution in [0.1, 0.15) is 11.1 Å².